The van der Waals surface area contributed by atoms with Gasteiger partial charge in [-0.05, 0) is 31.0 Å². The van der Waals surface area contributed by atoms with Crippen molar-refractivity contribution in [3.05, 3.63) is 29.8 Å². The van der Waals surface area contributed by atoms with Gasteiger partial charge in [-0.2, -0.15) is 5.26 Å². The van der Waals surface area contributed by atoms with Crippen molar-refractivity contribution >= 4 is 15.7 Å². The van der Waals surface area contributed by atoms with E-state index in [1.165, 1.54) is 6.92 Å². The summed E-state index contributed by atoms with van der Waals surface area (Å²) in [6.07, 6.45) is 0.529. The molecule has 92 valence electrons. The number of aliphatic hydroxyl groups is 1. The highest BCUT2D eigenvalue weighted by Gasteiger charge is 2.19. The molecular formula is C11H14N2O3S. The average molecular weight is 254 g/mol. The Kier molecular flexibility index (Phi) is 4.49. The lowest BCUT2D eigenvalue weighted by Gasteiger charge is -2.09. The van der Waals surface area contributed by atoms with Crippen molar-refractivity contribution in [3.8, 4) is 6.07 Å². The number of nitriles is 1. The van der Waals surface area contributed by atoms with Crippen LogP contribution >= 0.6 is 0 Å². The van der Waals surface area contributed by atoms with Crippen LogP contribution in [0.5, 0.6) is 0 Å². The highest BCUT2D eigenvalue weighted by atomic mass is 32.2. The van der Waals surface area contributed by atoms with Gasteiger partial charge in [-0.3, -0.25) is 4.72 Å². The van der Waals surface area contributed by atoms with Crippen LogP contribution in [-0.2, 0) is 16.4 Å². The smallest absolute Gasteiger partial charge is 0.248 e. The summed E-state index contributed by atoms with van der Waals surface area (Å²) < 4.78 is 25.5. The topological polar surface area (TPSA) is 90.2 Å². The molecule has 0 aliphatic rings. The van der Waals surface area contributed by atoms with Crippen LogP contribution in [0.3, 0.4) is 0 Å². The van der Waals surface area contributed by atoms with Gasteiger partial charge in [0.2, 0.25) is 10.0 Å². The van der Waals surface area contributed by atoms with Gasteiger partial charge >= 0.3 is 0 Å². The molecule has 0 aliphatic carbocycles. The predicted octanol–water partition coefficient (Wildman–Crippen LogP) is 0.875. The Morgan fingerprint density at radius 1 is 1.41 bits per heavy atom. The molecule has 0 bridgehead atoms. The summed E-state index contributed by atoms with van der Waals surface area (Å²) in [5, 5.41) is 16.2. The summed E-state index contributed by atoms with van der Waals surface area (Å²) in [5.41, 5.74) is 1.33. The highest BCUT2D eigenvalue weighted by Crippen LogP contribution is 2.13. The largest absolute Gasteiger partial charge is 0.396 e. The molecule has 0 heterocycles. The van der Waals surface area contributed by atoms with Crippen molar-refractivity contribution in [2.75, 3.05) is 11.3 Å². The van der Waals surface area contributed by atoms with E-state index in [9.17, 15) is 8.42 Å². The number of benzene rings is 1. The third-order valence-corrected chi connectivity index (χ3v) is 3.82. The number of hydrogen-bond acceptors (Lipinski definition) is 4. The summed E-state index contributed by atoms with van der Waals surface area (Å²) in [6, 6.07) is 8.34. The van der Waals surface area contributed by atoms with Crippen molar-refractivity contribution in [2.45, 2.75) is 18.6 Å². The minimum atomic E-state index is -3.65. The molecule has 6 heteroatoms. The highest BCUT2D eigenvalue weighted by molar-refractivity contribution is 7.93. The van der Waals surface area contributed by atoms with Gasteiger partial charge in [0.05, 0.1) is 6.07 Å². The fraction of sp³-hybridized carbons (Fsp3) is 0.364. The Hall–Kier alpha value is -1.58. The molecule has 0 saturated carbocycles. The van der Waals surface area contributed by atoms with E-state index >= 15 is 0 Å². The molecule has 0 saturated heterocycles. The Balaban J connectivity index is 2.80. The predicted molar refractivity (Wildman–Crippen MR) is 64.8 cm³/mol. The van der Waals surface area contributed by atoms with Crippen molar-refractivity contribution in [3.63, 3.8) is 0 Å². The summed E-state index contributed by atoms with van der Waals surface area (Å²) in [5.74, 6) is 0. The van der Waals surface area contributed by atoms with Crippen molar-refractivity contribution < 1.29 is 13.5 Å². The van der Waals surface area contributed by atoms with Crippen LogP contribution in [0.25, 0.3) is 0 Å². The van der Waals surface area contributed by atoms with Gasteiger partial charge < -0.3 is 5.11 Å². The molecule has 0 aliphatic heterocycles. The zero-order valence-corrected chi connectivity index (χ0v) is 10.2. The van der Waals surface area contributed by atoms with Gasteiger partial charge in [0, 0.05) is 12.3 Å². The molecule has 5 nitrogen and oxygen atoms in total. The number of hydrogen-bond donors (Lipinski definition) is 2. The van der Waals surface area contributed by atoms with Crippen LogP contribution in [0.2, 0.25) is 0 Å². The van der Waals surface area contributed by atoms with Gasteiger partial charge in [-0.1, -0.05) is 12.1 Å². The second-order valence-corrected chi connectivity index (χ2v) is 5.59. The van der Waals surface area contributed by atoms with Crippen LogP contribution in [-0.4, -0.2) is 25.4 Å². The maximum atomic E-state index is 11.6. The molecule has 17 heavy (non-hydrogen) atoms. The van der Waals surface area contributed by atoms with E-state index in [2.05, 4.69) is 4.72 Å². The second kappa shape index (κ2) is 5.66. The molecule has 0 fully saturated rings. The lowest BCUT2D eigenvalue weighted by molar-refractivity contribution is 0.299. The first kappa shape index (κ1) is 13.5. The standard InChI is InChI=1S/C11H14N2O3S/c1-9(8-12)17(15,16)13-11-4-2-10(3-5-11)6-7-14/h2-5,9,13-14H,6-7H2,1H3. The van der Waals surface area contributed by atoms with E-state index in [0.29, 0.717) is 12.1 Å². The third kappa shape index (κ3) is 3.73. The molecule has 1 atom stereocenters. The summed E-state index contributed by atoms with van der Waals surface area (Å²) in [7, 11) is -3.65. The first-order valence-corrected chi connectivity index (χ1v) is 6.65. The van der Waals surface area contributed by atoms with Gasteiger partial charge in [0.15, 0.2) is 5.25 Å². The summed E-state index contributed by atoms with van der Waals surface area (Å²) in [6.45, 7) is 1.37. The molecule has 0 radical (unpaired) electrons. The molecule has 0 spiro atoms. The minimum absolute atomic E-state index is 0.0521. The van der Waals surface area contributed by atoms with E-state index in [1.807, 2.05) is 0 Å². The Bertz CT molecular complexity index is 503. The van der Waals surface area contributed by atoms with Crippen molar-refractivity contribution in [1.29, 1.82) is 5.26 Å². The first-order valence-electron chi connectivity index (χ1n) is 5.10. The van der Waals surface area contributed by atoms with Crippen molar-refractivity contribution in [2.24, 2.45) is 0 Å². The molecule has 0 aromatic heterocycles. The SMILES string of the molecule is CC(C#N)S(=O)(=O)Nc1ccc(CCO)cc1. The Labute approximate surface area is 101 Å². The van der Waals surface area contributed by atoms with E-state index < -0.39 is 15.3 Å². The second-order valence-electron chi connectivity index (χ2n) is 3.59. The monoisotopic (exact) mass is 254 g/mol. The van der Waals surface area contributed by atoms with Gasteiger partial charge in [-0.25, -0.2) is 8.42 Å². The first-order chi connectivity index (χ1) is 7.99. The van der Waals surface area contributed by atoms with E-state index in [1.54, 1.807) is 30.3 Å². The third-order valence-electron chi connectivity index (χ3n) is 2.26. The fourth-order valence-electron chi connectivity index (χ4n) is 1.19. The van der Waals surface area contributed by atoms with Crippen LogP contribution in [0.1, 0.15) is 12.5 Å². The lowest BCUT2D eigenvalue weighted by atomic mass is 10.1. The Morgan fingerprint density at radius 3 is 2.47 bits per heavy atom. The van der Waals surface area contributed by atoms with Gasteiger partial charge in [0.1, 0.15) is 0 Å². The summed E-state index contributed by atoms with van der Waals surface area (Å²) >= 11 is 0. The molecule has 1 aromatic rings. The summed E-state index contributed by atoms with van der Waals surface area (Å²) in [4.78, 5) is 0. The maximum Gasteiger partial charge on any atom is 0.248 e. The number of sulfonamides is 1. The minimum Gasteiger partial charge on any atom is -0.396 e. The van der Waals surface area contributed by atoms with Crippen molar-refractivity contribution in [1.82, 2.24) is 0 Å². The Morgan fingerprint density at radius 2 is 2.00 bits per heavy atom. The van der Waals surface area contributed by atoms with E-state index in [0.717, 1.165) is 5.56 Å². The number of rotatable bonds is 5. The van der Waals surface area contributed by atoms with Crippen LogP contribution in [0.4, 0.5) is 5.69 Å². The van der Waals surface area contributed by atoms with Crippen LogP contribution in [0.15, 0.2) is 24.3 Å². The van der Waals surface area contributed by atoms with E-state index in [4.69, 9.17) is 10.4 Å². The van der Waals surface area contributed by atoms with Gasteiger partial charge in [0.25, 0.3) is 0 Å². The fourth-order valence-corrected chi connectivity index (χ4v) is 1.97. The quantitative estimate of drug-likeness (QED) is 0.816. The van der Waals surface area contributed by atoms with E-state index in [-0.39, 0.29) is 6.61 Å². The lowest BCUT2D eigenvalue weighted by Crippen LogP contribution is -2.23. The number of aliphatic hydroxyl groups excluding tert-OH is 1. The molecule has 1 aromatic carbocycles. The van der Waals surface area contributed by atoms with Gasteiger partial charge in [-0.15, -0.1) is 0 Å². The zero-order chi connectivity index (χ0) is 12.9. The molecule has 0 amide bonds. The average Bonchev–Trinajstić information content (AvgIpc) is 2.30. The number of nitrogens with one attached hydrogen (secondary N) is 1. The maximum absolute atomic E-state index is 11.6. The molecular weight excluding hydrogens is 240 g/mol. The molecule has 1 rings (SSSR count). The van der Waals surface area contributed by atoms with Crippen LogP contribution < -0.4 is 4.72 Å². The number of nitrogens with zero attached hydrogens (tertiary/aromatic N) is 1. The molecule has 1 unspecified atom stereocenters. The normalized spacial score (nSPS) is 12.8. The zero-order valence-electron chi connectivity index (χ0n) is 9.42. The van der Waals surface area contributed by atoms with Crippen LogP contribution in [0, 0.1) is 11.3 Å². The number of anilines is 1. The molecule has 2 N–H and O–H groups in total.